The molecule has 26 heavy (non-hydrogen) atoms. The first-order chi connectivity index (χ1) is 12.5. The van der Waals surface area contributed by atoms with E-state index in [1.54, 1.807) is 13.8 Å². The smallest absolute Gasteiger partial charge is 0.236 e. The van der Waals surface area contributed by atoms with Crippen molar-refractivity contribution >= 4 is 17.7 Å². The normalized spacial score (nSPS) is 18.7. The summed E-state index contributed by atoms with van der Waals surface area (Å²) in [5.41, 5.74) is 0.297. The molecule has 140 valence electrons. The lowest BCUT2D eigenvalue weighted by molar-refractivity contribution is -0.134. The van der Waals surface area contributed by atoms with Crippen LogP contribution in [0.15, 0.2) is 4.42 Å². The number of oxazole rings is 1. The average molecular weight is 360 g/mol. The predicted molar refractivity (Wildman–Crippen MR) is 93.4 cm³/mol. The molecule has 0 aromatic carbocycles. The summed E-state index contributed by atoms with van der Waals surface area (Å²) in [6, 6.07) is 2.05. The van der Waals surface area contributed by atoms with Crippen LogP contribution in [-0.4, -0.2) is 90.4 Å². The van der Waals surface area contributed by atoms with E-state index in [2.05, 4.69) is 16.0 Å². The first-order valence-electron chi connectivity index (χ1n) is 8.86. The Morgan fingerprint density at radius 3 is 2.27 bits per heavy atom. The average Bonchev–Trinajstić information content (AvgIpc) is 3.03. The molecule has 0 spiro atoms. The summed E-state index contributed by atoms with van der Waals surface area (Å²) in [7, 11) is 0. The zero-order chi connectivity index (χ0) is 18.7. The molecular weight excluding hydrogens is 336 g/mol. The molecule has 1 aromatic rings. The summed E-state index contributed by atoms with van der Waals surface area (Å²) in [6.45, 7) is 8.92. The molecule has 3 heterocycles. The van der Waals surface area contributed by atoms with Crippen LogP contribution in [-0.2, 0) is 9.59 Å². The van der Waals surface area contributed by atoms with Crippen molar-refractivity contribution in [2.24, 2.45) is 0 Å². The van der Waals surface area contributed by atoms with Crippen LogP contribution in [0.25, 0.3) is 0 Å². The second-order valence-electron chi connectivity index (χ2n) is 6.65. The first-order valence-corrected chi connectivity index (χ1v) is 8.86. The number of aryl methyl sites for hydroxylation is 1. The third-order valence-corrected chi connectivity index (χ3v) is 4.92. The van der Waals surface area contributed by atoms with Crippen molar-refractivity contribution in [3.05, 3.63) is 11.6 Å². The van der Waals surface area contributed by atoms with Crippen LogP contribution in [0.3, 0.4) is 0 Å². The maximum absolute atomic E-state index is 12.5. The number of carbonyl (C=O) groups is 2. The molecule has 2 aliphatic heterocycles. The van der Waals surface area contributed by atoms with Gasteiger partial charge in [0.25, 0.3) is 0 Å². The van der Waals surface area contributed by atoms with Crippen LogP contribution in [0.2, 0.25) is 0 Å². The minimum Gasteiger partial charge on any atom is -0.424 e. The fourth-order valence-corrected chi connectivity index (χ4v) is 3.37. The Hall–Kier alpha value is -2.60. The van der Waals surface area contributed by atoms with Crippen LogP contribution in [0, 0.1) is 18.3 Å². The number of piperazine rings is 2. The standard InChI is InChI=1S/C17H24N6O3/c1-13-19-15(11-18)17(26-13)23-9-7-22(8-10-23)16(25)12-20-3-5-21(6-4-20)14(2)24/h3-10,12H2,1-2H3. The highest BCUT2D eigenvalue weighted by Gasteiger charge is 2.27. The molecule has 9 heteroatoms. The van der Waals surface area contributed by atoms with E-state index in [0.717, 1.165) is 13.1 Å². The number of nitriles is 1. The minimum absolute atomic E-state index is 0.0893. The Kier molecular flexibility index (Phi) is 5.42. The summed E-state index contributed by atoms with van der Waals surface area (Å²) in [6.07, 6.45) is 0. The van der Waals surface area contributed by atoms with Gasteiger partial charge < -0.3 is 19.1 Å². The maximum Gasteiger partial charge on any atom is 0.236 e. The van der Waals surface area contributed by atoms with E-state index in [-0.39, 0.29) is 11.8 Å². The molecular formula is C17H24N6O3. The van der Waals surface area contributed by atoms with E-state index < -0.39 is 0 Å². The van der Waals surface area contributed by atoms with Gasteiger partial charge in [-0.2, -0.15) is 5.26 Å². The number of aromatic nitrogens is 1. The molecule has 9 nitrogen and oxygen atoms in total. The van der Waals surface area contributed by atoms with Crippen molar-refractivity contribution in [3.8, 4) is 6.07 Å². The van der Waals surface area contributed by atoms with Crippen molar-refractivity contribution in [2.75, 3.05) is 63.8 Å². The maximum atomic E-state index is 12.5. The van der Waals surface area contributed by atoms with Gasteiger partial charge in [-0.3, -0.25) is 14.5 Å². The van der Waals surface area contributed by atoms with Gasteiger partial charge in [0.05, 0.1) is 6.54 Å². The number of carbonyl (C=O) groups excluding carboxylic acids is 2. The van der Waals surface area contributed by atoms with Crippen LogP contribution < -0.4 is 4.90 Å². The van der Waals surface area contributed by atoms with Gasteiger partial charge in [0, 0.05) is 66.2 Å². The molecule has 2 aliphatic rings. The van der Waals surface area contributed by atoms with E-state index in [1.165, 1.54) is 0 Å². The summed E-state index contributed by atoms with van der Waals surface area (Å²) in [5, 5.41) is 9.14. The summed E-state index contributed by atoms with van der Waals surface area (Å²) in [5.74, 6) is 1.17. The highest BCUT2D eigenvalue weighted by Crippen LogP contribution is 2.22. The second-order valence-corrected chi connectivity index (χ2v) is 6.65. The largest absolute Gasteiger partial charge is 0.424 e. The molecule has 0 atom stereocenters. The Bertz CT molecular complexity index is 709. The van der Waals surface area contributed by atoms with Crippen LogP contribution >= 0.6 is 0 Å². The second kappa shape index (κ2) is 7.74. The third kappa shape index (κ3) is 3.96. The van der Waals surface area contributed by atoms with Crippen molar-refractivity contribution in [1.29, 1.82) is 5.26 Å². The molecule has 0 unspecified atom stereocenters. The van der Waals surface area contributed by atoms with Crippen LogP contribution in [0.1, 0.15) is 18.5 Å². The highest BCUT2D eigenvalue weighted by molar-refractivity contribution is 5.78. The predicted octanol–water partition coefficient (Wildman–Crippen LogP) is -0.333. The summed E-state index contributed by atoms with van der Waals surface area (Å²) < 4.78 is 5.54. The van der Waals surface area contributed by atoms with Gasteiger partial charge >= 0.3 is 0 Å². The van der Waals surface area contributed by atoms with Crippen molar-refractivity contribution in [2.45, 2.75) is 13.8 Å². The molecule has 0 N–H and O–H groups in total. The summed E-state index contributed by atoms with van der Waals surface area (Å²) in [4.78, 5) is 35.7. The number of anilines is 1. The van der Waals surface area contributed by atoms with Gasteiger partial charge in [-0.25, -0.2) is 4.98 Å². The van der Waals surface area contributed by atoms with E-state index in [1.807, 2.05) is 14.7 Å². The molecule has 1 aromatic heterocycles. The van der Waals surface area contributed by atoms with Crippen molar-refractivity contribution in [3.63, 3.8) is 0 Å². The lowest BCUT2D eigenvalue weighted by Gasteiger charge is -2.37. The molecule has 0 saturated carbocycles. The number of rotatable bonds is 3. The fraction of sp³-hybridized carbons (Fsp3) is 0.647. The topological polar surface area (TPSA) is 96.9 Å². The van der Waals surface area contributed by atoms with Crippen molar-refractivity contribution in [1.82, 2.24) is 19.7 Å². The number of amides is 2. The van der Waals surface area contributed by atoms with Gasteiger partial charge in [0.2, 0.25) is 23.4 Å². The van der Waals surface area contributed by atoms with E-state index >= 15 is 0 Å². The van der Waals surface area contributed by atoms with Crippen LogP contribution in [0.5, 0.6) is 0 Å². The van der Waals surface area contributed by atoms with Crippen molar-refractivity contribution < 1.29 is 14.0 Å². The lowest BCUT2D eigenvalue weighted by atomic mass is 10.2. The summed E-state index contributed by atoms with van der Waals surface area (Å²) >= 11 is 0. The number of hydrogen-bond acceptors (Lipinski definition) is 7. The van der Waals surface area contributed by atoms with Gasteiger partial charge in [-0.15, -0.1) is 0 Å². The van der Waals surface area contributed by atoms with E-state index in [9.17, 15) is 9.59 Å². The Morgan fingerprint density at radius 2 is 1.69 bits per heavy atom. The quantitative estimate of drug-likeness (QED) is 0.728. The third-order valence-electron chi connectivity index (χ3n) is 4.92. The first kappa shape index (κ1) is 18.2. The zero-order valence-corrected chi connectivity index (χ0v) is 15.3. The molecule has 0 aliphatic carbocycles. The Morgan fingerprint density at radius 1 is 1.08 bits per heavy atom. The van der Waals surface area contributed by atoms with E-state index in [0.29, 0.717) is 63.3 Å². The number of nitrogens with zero attached hydrogens (tertiary/aromatic N) is 6. The van der Waals surface area contributed by atoms with Gasteiger partial charge in [0.1, 0.15) is 6.07 Å². The lowest BCUT2D eigenvalue weighted by Crippen LogP contribution is -2.54. The number of hydrogen-bond donors (Lipinski definition) is 0. The molecule has 0 bridgehead atoms. The van der Waals surface area contributed by atoms with Gasteiger partial charge in [0.15, 0.2) is 5.89 Å². The molecule has 2 amide bonds. The fourth-order valence-electron chi connectivity index (χ4n) is 3.37. The molecule has 2 saturated heterocycles. The minimum atomic E-state index is 0.0893. The Labute approximate surface area is 152 Å². The van der Waals surface area contributed by atoms with Gasteiger partial charge in [-0.1, -0.05) is 0 Å². The van der Waals surface area contributed by atoms with Crippen LogP contribution in [0.4, 0.5) is 5.88 Å². The Balaban J connectivity index is 1.48. The SMILES string of the molecule is CC(=O)N1CCN(CC(=O)N2CCN(c3oc(C)nc3C#N)CC2)CC1. The zero-order valence-electron chi connectivity index (χ0n) is 15.3. The highest BCUT2D eigenvalue weighted by atomic mass is 16.4. The molecule has 0 radical (unpaired) electrons. The van der Waals surface area contributed by atoms with E-state index in [4.69, 9.17) is 9.68 Å². The molecule has 2 fully saturated rings. The van der Waals surface area contributed by atoms with Gasteiger partial charge in [-0.05, 0) is 0 Å². The monoisotopic (exact) mass is 360 g/mol. The molecule has 3 rings (SSSR count).